The summed E-state index contributed by atoms with van der Waals surface area (Å²) in [6.45, 7) is 8.20. The molecule has 2 aromatic rings. The van der Waals surface area contributed by atoms with E-state index in [0.717, 1.165) is 5.56 Å². The van der Waals surface area contributed by atoms with Gasteiger partial charge in [0.05, 0.1) is 11.2 Å². The standard InChI is InChI=1S/C18H22BNO4/c1-17(2)18(3,4)24-19(23-17)15-11-10-14(20-15)16(21)22-12-13-8-6-5-7-9-13/h5-11,20H,12H2,1-4H3. The molecular weight excluding hydrogens is 305 g/mol. The van der Waals surface area contributed by atoms with Gasteiger partial charge in [0.15, 0.2) is 0 Å². The summed E-state index contributed by atoms with van der Waals surface area (Å²) in [6.07, 6.45) is 0. The maximum absolute atomic E-state index is 12.2. The summed E-state index contributed by atoms with van der Waals surface area (Å²) in [5.41, 5.74) is 1.20. The minimum Gasteiger partial charge on any atom is -0.456 e. The first-order valence-electron chi connectivity index (χ1n) is 8.04. The van der Waals surface area contributed by atoms with E-state index in [1.807, 2.05) is 58.0 Å². The van der Waals surface area contributed by atoms with Crippen LogP contribution < -0.4 is 5.59 Å². The maximum atomic E-state index is 12.2. The minimum absolute atomic E-state index is 0.241. The van der Waals surface area contributed by atoms with Crippen LogP contribution in [0.4, 0.5) is 0 Å². The summed E-state index contributed by atoms with van der Waals surface area (Å²) in [5, 5.41) is 0. The Kier molecular flexibility index (Phi) is 4.28. The molecule has 1 aromatic heterocycles. The van der Waals surface area contributed by atoms with Gasteiger partial charge in [-0.3, -0.25) is 0 Å². The van der Waals surface area contributed by atoms with E-state index in [0.29, 0.717) is 11.3 Å². The highest BCUT2D eigenvalue weighted by atomic mass is 16.7. The maximum Gasteiger partial charge on any atom is 0.512 e. The van der Waals surface area contributed by atoms with Crippen molar-refractivity contribution in [2.45, 2.75) is 45.5 Å². The van der Waals surface area contributed by atoms with Crippen LogP contribution in [-0.2, 0) is 20.7 Å². The number of aromatic nitrogens is 1. The molecule has 0 spiro atoms. The average Bonchev–Trinajstić information content (AvgIpc) is 3.09. The number of H-pyrrole nitrogens is 1. The fraction of sp³-hybridized carbons (Fsp3) is 0.389. The lowest BCUT2D eigenvalue weighted by Crippen LogP contribution is -2.41. The lowest BCUT2D eigenvalue weighted by Gasteiger charge is -2.32. The first kappa shape index (κ1) is 16.8. The molecule has 1 N–H and O–H groups in total. The molecule has 1 aliphatic heterocycles. The fourth-order valence-electron chi connectivity index (χ4n) is 2.44. The molecule has 0 aliphatic carbocycles. The van der Waals surface area contributed by atoms with Crippen molar-refractivity contribution in [3.8, 4) is 0 Å². The number of ether oxygens (including phenoxy) is 1. The van der Waals surface area contributed by atoms with Crippen LogP contribution in [0.15, 0.2) is 42.5 Å². The van der Waals surface area contributed by atoms with E-state index in [1.165, 1.54) is 0 Å². The van der Waals surface area contributed by atoms with Gasteiger partial charge >= 0.3 is 13.1 Å². The lowest BCUT2D eigenvalue weighted by atomic mass is 9.85. The third-order valence-corrected chi connectivity index (χ3v) is 4.65. The van der Waals surface area contributed by atoms with E-state index in [-0.39, 0.29) is 6.61 Å². The summed E-state index contributed by atoms with van der Waals surface area (Å²) in [6, 6.07) is 13.1. The molecule has 0 atom stereocenters. The fourth-order valence-corrected chi connectivity index (χ4v) is 2.44. The van der Waals surface area contributed by atoms with Crippen LogP contribution in [-0.4, -0.2) is 29.3 Å². The first-order chi connectivity index (χ1) is 11.3. The molecule has 1 aromatic carbocycles. The minimum atomic E-state index is -0.523. The summed E-state index contributed by atoms with van der Waals surface area (Å²) < 4.78 is 17.3. The van der Waals surface area contributed by atoms with Gasteiger partial charge in [0.25, 0.3) is 0 Å². The highest BCUT2D eigenvalue weighted by molar-refractivity contribution is 6.61. The van der Waals surface area contributed by atoms with Crippen LogP contribution in [0.2, 0.25) is 0 Å². The molecular formula is C18H22BNO4. The normalized spacial score (nSPS) is 18.6. The number of benzene rings is 1. The third kappa shape index (κ3) is 3.25. The van der Waals surface area contributed by atoms with Crippen LogP contribution in [0.1, 0.15) is 43.7 Å². The number of rotatable bonds is 4. The number of nitrogens with one attached hydrogen (secondary N) is 1. The van der Waals surface area contributed by atoms with Gasteiger partial charge < -0.3 is 19.0 Å². The highest BCUT2D eigenvalue weighted by Gasteiger charge is 2.52. The Morgan fingerprint density at radius 3 is 2.29 bits per heavy atom. The Morgan fingerprint density at radius 1 is 1.04 bits per heavy atom. The van der Waals surface area contributed by atoms with E-state index < -0.39 is 24.3 Å². The summed E-state index contributed by atoms with van der Waals surface area (Å²) in [5.74, 6) is -0.401. The van der Waals surface area contributed by atoms with Gasteiger partial charge in [-0.15, -0.1) is 0 Å². The van der Waals surface area contributed by atoms with Crippen molar-refractivity contribution in [2.75, 3.05) is 0 Å². The molecule has 126 valence electrons. The molecule has 0 saturated carbocycles. The zero-order valence-corrected chi connectivity index (χ0v) is 14.5. The van der Waals surface area contributed by atoms with Crippen LogP contribution >= 0.6 is 0 Å². The van der Waals surface area contributed by atoms with Crippen LogP contribution in [0, 0.1) is 0 Å². The molecule has 0 radical (unpaired) electrons. The van der Waals surface area contributed by atoms with E-state index in [4.69, 9.17) is 14.0 Å². The molecule has 6 heteroatoms. The van der Waals surface area contributed by atoms with E-state index in [9.17, 15) is 4.79 Å². The van der Waals surface area contributed by atoms with Gasteiger partial charge in [0, 0.05) is 5.59 Å². The van der Waals surface area contributed by atoms with Gasteiger partial charge in [0.1, 0.15) is 12.3 Å². The number of esters is 1. The number of carbonyl (C=O) groups excluding carboxylic acids is 1. The second-order valence-electron chi connectivity index (χ2n) is 6.98. The Labute approximate surface area is 142 Å². The van der Waals surface area contributed by atoms with Crippen LogP contribution in [0.3, 0.4) is 0 Å². The Hall–Kier alpha value is -2.05. The second kappa shape index (κ2) is 6.11. The smallest absolute Gasteiger partial charge is 0.456 e. The zero-order chi connectivity index (χ0) is 17.4. The molecule has 1 fully saturated rings. The first-order valence-corrected chi connectivity index (χ1v) is 8.04. The summed E-state index contributed by atoms with van der Waals surface area (Å²) >= 11 is 0. The van der Waals surface area contributed by atoms with Crippen molar-refractivity contribution in [1.29, 1.82) is 0 Å². The zero-order valence-electron chi connectivity index (χ0n) is 14.5. The van der Waals surface area contributed by atoms with Crippen molar-refractivity contribution in [3.63, 3.8) is 0 Å². The van der Waals surface area contributed by atoms with Gasteiger partial charge in [-0.25, -0.2) is 4.79 Å². The molecule has 0 amide bonds. The van der Waals surface area contributed by atoms with Crippen molar-refractivity contribution in [1.82, 2.24) is 4.98 Å². The molecule has 24 heavy (non-hydrogen) atoms. The predicted molar refractivity (Wildman–Crippen MR) is 92.1 cm³/mol. The van der Waals surface area contributed by atoms with Gasteiger partial charge in [0.2, 0.25) is 0 Å². The number of carbonyl (C=O) groups is 1. The van der Waals surface area contributed by atoms with Crippen LogP contribution in [0.25, 0.3) is 0 Å². The molecule has 1 aliphatic rings. The highest BCUT2D eigenvalue weighted by Crippen LogP contribution is 2.36. The lowest BCUT2D eigenvalue weighted by molar-refractivity contribution is 0.00578. The largest absolute Gasteiger partial charge is 0.512 e. The van der Waals surface area contributed by atoms with Crippen molar-refractivity contribution in [2.24, 2.45) is 0 Å². The monoisotopic (exact) mass is 327 g/mol. The summed E-state index contributed by atoms with van der Waals surface area (Å²) in [4.78, 5) is 15.2. The number of aromatic amines is 1. The number of hydrogen-bond acceptors (Lipinski definition) is 4. The molecule has 5 nitrogen and oxygen atoms in total. The second-order valence-corrected chi connectivity index (χ2v) is 6.98. The molecule has 3 rings (SSSR count). The van der Waals surface area contributed by atoms with Crippen molar-refractivity contribution < 1.29 is 18.8 Å². The molecule has 0 bridgehead atoms. The molecule has 2 heterocycles. The number of hydrogen-bond donors (Lipinski definition) is 1. The predicted octanol–water partition coefficient (Wildman–Crippen LogP) is 2.67. The van der Waals surface area contributed by atoms with Gasteiger partial charge in [-0.05, 0) is 45.4 Å². The topological polar surface area (TPSA) is 60.5 Å². The Balaban J connectivity index is 1.64. The Bertz CT molecular complexity index is 708. The average molecular weight is 327 g/mol. The molecule has 0 unspecified atom stereocenters. The Morgan fingerprint density at radius 2 is 1.67 bits per heavy atom. The van der Waals surface area contributed by atoms with Crippen molar-refractivity contribution >= 4 is 18.7 Å². The van der Waals surface area contributed by atoms with Crippen LogP contribution in [0.5, 0.6) is 0 Å². The van der Waals surface area contributed by atoms with Crippen molar-refractivity contribution in [3.05, 3.63) is 53.7 Å². The molecule has 1 saturated heterocycles. The quantitative estimate of drug-likeness (QED) is 0.693. The van der Waals surface area contributed by atoms with E-state index >= 15 is 0 Å². The SMILES string of the molecule is CC1(C)OB(c2ccc(C(=O)OCc3ccccc3)[nH]2)OC1(C)C. The van der Waals surface area contributed by atoms with Gasteiger partial charge in [-0.1, -0.05) is 30.3 Å². The van der Waals surface area contributed by atoms with Gasteiger partial charge in [-0.2, -0.15) is 0 Å². The van der Waals surface area contributed by atoms with E-state index in [2.05, 4.69) is 4.98 Å². The van der Waals surface area contributed by atoms with E-state index in [1.54, 1.807) is 12.1 Å². The summed E-state index contributed by atoms with van der Waals surface area (Å²) in [7, 11) is -0.523. The third-order valence-electron chi connectivity index (χ3n) is 4.65.